The van der Waals surface area contributed by atoms with Gasteiger partial charge in [0.25, 0.3) is 5.91 Å². The molecule has 0 spiro atoms. The molecule has 0 atom stereocenters. The van der Waals surface area contributed by atoms with Crippen molar-refractivity contribution in [2.75, 3.05) is 13.1 Å². The maximum atomic E-state index is 13.2. The van der Waals surface area contributed by atoms with Crippen molar-refractivity contribution in [3.8, 4) is 5.69 Å². The highest BCUT2D eigenvalue weighted by Gasteiger charge is 2.30. The summed E-state index contributed by atoms with van der Waals surface area (Å²) in [7, 11) is -3.55. The maximum absolute atomic E-state index is 13.2. The van der Waals surface area contributed by atoms with Gasteiger partial charge in [-0.3, -0.25) is 4.79 Å². The Bertz CT molecular complexity index is 1190. The monoisotopic (exact) mass is 482 g/mol. The molecule has 1 aliphatic heterocycles. The summed E-state index contributed by atoms with van der Waals surface area (Å²) in [4.78, 5) is 14.8. The Morgan fingerprint density at radius 1 is 1.23 bits per heavy atom. The summed E-state index contributed by atoms with van der Waals surface area (Å²) in [5.74, 6) is -0.631. The zero-order chi connectivity index (χ0) is 22.2. The lowest BCUT2D eigenvalue weighted by Gasteiger charge is -2.32. The summed E-state index contributed by atoms with van der Waals surface area (Å²) in [5.41, 5.74) is 1.32. The number of thiophene rings is 1. The molecular formula is C20H20ClFN4O3S2. The summed E-state index contributed by atoms with van der Waals surface area (Å²) in [6.07, 6.45) is 0.998. The summed E-state index contributed by atoms with van der Waals surface area (Å²) < 4.78 is 42.4. The highest BCUT2D eigenvalue weighted by molar-refractivity contribution is 7.91. The Kier molecular flexibility index (Phi) is 6.16. The van der Waals surface area contributed by atoms with Gasteiger partial charge in [-0.1, -0.05) is 17.7 Å². The Hall–Kier alpha value is -2.27. The van der Waals surface area contributed by atoms with Crippen LogP contribution in [0.5, 0.6) is 0 Å². The first-order valence-corrected chi connectivity index (χ1v) is 12.4. The minimum Gasteiger partial charge on any atom is -0.338 e. The van der Waals surface area contributed by atoms with Gasteiger partial charge in [0.05, 0.1) is 16.9 Å². The molecule has 0 radical (unpaired) electrons. The van der Waals surface area contributed by atoms with Crippen molar-refractivity contribution in [3.05, 3.63) is 64.0 Å². The number of benzene rings is 1. The summed E-state index contributed by atoms with van der Waals surface area (Å²) in [5, 5.41) is 6.22. The molecule has 11 heteroatoms. The molecule has 0 bridgehead atoms. The second-order valence-corrected chi connectivity index (χ2v) is 10.5. The van der Waals surface area contributed by atoms with Crippen LogP contribution in [0.25, 0.3) is 5.69 Å². The first kappa shape index (κ1) is 21.9. The van der Waals surface area contributed by atoms with E-state index in [-0.39, 0.29) is 27.1 Å². The van der Waals surface area contributed by atoms with E-state index in [2.05, 4.69) is 9.82 Å². The third-order valence-electron chi connectivity index (χ3n) is 5.15. The van der Waals surface area contributed by atoms with E-state index in [4.69, 9.17) is 11.6 Å². The number of carbonyl (C=O) groups is 1. The molecule has 4 rings (SSSR count). The molecule has 1 amide bonds. The molecule has 2 aromatic heterocycles. The number of amides is 1. The van der Waals surface area contributed by atoms with Crippen LogP contribution in [0.15, 0.2) is 46.0 Å². The molecule has 1 N–H and O–H groups in total. The van der Waals surface area contributed by atoms with Crippen molar-refractivity contribution in [1.82, 2.24) is 19.4 Å². The third-order valence-corrected chi connectivity index (χ3v) is 8.42. The summed E-state index contributed by atoms with van der Waals surface area (Å²) >= 11 is 7.63. The zero-order valence-corrected chi connectivity index (χ0v) is 19.0. The number of rotatable bonds is 5. The summed E-state index contributed by atoms with van der Waals surface area (Å²) in [6.45, 7) is 2.49. The van der Waals surface area contributed by atoms with E-state index in [9.17, 15) is 17.6 Å². The number of nitrogens with one attached hydrogen (secondary N) is 1. The van der Waals surface area contributed by atoms with E-state index < -0.39 is 10.0 Å². The van der Waals surface area contributed by atoms with Gasteiger partial charge in [-0.25, -0.2) is 22.2 Å². The first-order valence-electron chi connectivity index (χ1n) is 9.62. The van der Waals surface area contributed by atoms with E-state index >= 15 is 0 Å². The van der Waals surface area contributed by atoms with Crippen LogP contribution in [-0.2, 0) is 10.0 Å². The van der Waals surface area contributed by atoms with Gasteiger partial charge in [0.15, 0.2) is 0 Å². The molecule has 7 nitrogen and oxygen atoms in total. The predicted octanol–water partition coefficient (Wildman–Crippen LogP) is 3.62. The van der Waals surface area contributed by atoms with Crippen molar-refractivity contribution in [1.29, 1.82) is 0 Å². The smallest absolute Gasteiger partial charge is 0.258 e. The third kappa shape index (κ3) is 4.52. The molecule has 1 saturated heterocycles. The lowest BCUT2D eigenvalue weighted by Crippen LogP contribution is -2.46. The predicted molar refractivity (Wildman–Crippen MR) is 117 cm³/mol. The average Bonchev–Trinajstić information content (AvgIpc) is 3.38. The van der Waals surface area contributed by atoms with E-state index in [1.807, 2.05) is 0 Å². The number of nitrogens with zero attached hydrogens (tertiary/aromatic N) is 3. The quantitative estimate of drug-likeness (QED) is 0.602. The van der Waals surface area contributed by atoms with Crippen LogP contribution in [-0.4, -0.2) is 48.1 Å². The van der Waals surface area contributed by atoms with Gasteiger partial charge in [0, 0.05) is 19.1 Å². The number of likely N-dealkylation sites (tertiary alicyclic amines) is 1. The molecule has 164 valence electrons. The van der Waals surface area contributed by atoms with Gasteiger partial charge in [0.2, 0.25) is 10.0 Å². The van der Waals surface area contributed by atoms with Crippen molar-refractivity contribution < 1.29 is 17.6 Å². The fourth-order valence-electron chi connectivity index (χ4n) is 3.55. The Morgan fingerprint density at radius 2 is 1.90 bits per heavy atom. The number of halogens is 2. The number of hydrogen-bond acceptors (Lipinski definition) is 5. The molecule has 3 heterocycles. The molecule has 31 heavy (non-hydrogen) atoms. The number of sulfonamides is 1. The SMILES string of the molecule is Cc1nn(-c2ccc(F)cc2)c(Cl)c1C(=O)N1CCC(NS(=O)(=O)c2cccs2)CC1. The van der Waals surface area contributed by atoms with Gasteiger partial charge >= 0.3 is 0 Å². The Balaban J connectivity index is 1.45. The van der Waals surface area contributed by atoms with Crippen LogP contribution in [0, 0.1) is 12.7 Å². The van der Waals surface area contributed by atoms with Crippen LogP contribution >= 0.6 is 22.9 Å². The zero-order valence-electron chi connectivity index (χ0n) is 16.6. The lowest BCUT2D eigenvalue weighted by atomic mass is 10.1. The summed E-state index contributed by atoms with van der Waals surface area (Å²) in [6, 6.07) is 8.68. The molecule has 0 unspecified atom stereocenters. The first-order chi connectivity index (χ1) is 14.8. The highest BCUT2D eigenvalue weighted by Crippen LogP contribution is 2.27. The largest absolute Gasteiger partial charge is 0.338 e. The van der Waals surface area contributed by atoms with Gasteiger partial charge in [0.1, 0.15) is 15.2 Å². The van der Waals surface area contributed by atoms with Gasteiger partial charge < -0.3 is 4.90 Å². The number of carbonyl (C=O) groups excluding carboxylic acids is 1. The van der Waals surface area contributed by atoms with Crippen LogP contribution in [0.3, 0.4) is 0 Å². The Labute approximate surface area is 188 Å². The molecular weight excluding hydrogens is 463 g/mol. The van der Waals surface area contributed by atoms with E-state index in [1.54, 1.807) is 29.3 Å². The normalized spacial score (nSPS) is 15.4. The fraction of sp³-hybridized carbons (Fsp3) is 0.300. The lowest BCUT2D eigenvalue weighted by molar-refractivity contribution is 0.0711. The highest BCUT2D eigenvalue weighted by atomic mass is 35.5. The molecule has 1 fully saturated rings. The Morgan fingerprint density at radius 3 is 2.52 bits per heavy atom. The molecule has 0 aliphatic carbocycles. The van der Waals surface area contributed by atoms with Crippen molar-refractivity contribution in [2.24, 2.45) is 0 Å². The fourth-order valence-corrected chi connectivity index (χ4v) is 6.22. The van der Waals surface area contributed by atoms with E-state index in [0.717, 1.165) is 0 Å². The number of hydrogen-bond donors (Lipinski definition) is 1. The standard InChI is InChI=1S/C20H20ClFN4O3S2/c1-13-18(19(21)26(23-13)16-6-4-14(22)5-7-16)20(27)25-10-8-15(9-11-25)24-31(28,29)17-3-2-12-30-17/h2-7,12,15,24H,8-11H2,1H3. The molecule has 1 aromatic carbocycles. The second kappa shape index (κ2) is 8.70. The van der Waals surface area contributed by atoms with E-state index in [0.29, 0.717) is 42.9 Å². The number of aromatic nitrogens is 2. The number of piperidine rings is 1. The van der Waals surface area contributed by atoms with Crippen molar-refractivity contribution in [3.63, 3.8) is 0 Å². The minimum atomic E-state index is -3.55. The van der Waals surface area contributed by atoms with E-state index in [1.165, 1.54) is 40.3 Å². The van der Waals surface area contributed by atoms with Gasteiger partial charge in [-0.15, -0.1) is 11.3 Å². The number of aryl methyl sites for hydroxylation is 1. The van der Waals surface area contributed by atoms with Gasteiger partial charge in [-0.05, 0) is 55.5 Å². The van der Waals surface area contributed by atoms with Crippen LogP contribution in [0.1, 0.15) is 28.9 Å². The average molecular weight is 483 g/mol. The molecule has 3 aromatic rings. The van der Waals surface area contributed by atoms with Crippen molar-refractivity contribution >= 4 is 38.9 Å². The maximum Gasteiger partial charge on any atom is 0.258 e. The van der Waals surface area contributed by atoms with Crippen LogP contribution < -0.4 is 4.72 Å². The van der Waals surface area contributed by atoms with Crippen LogP contribution in [0.4, 0.5) is 4.39 Å². The molecule has 0 saturated carbocycles. The van der Waals surface area contributed by atoms with Crippen LogP contribution in [0.2, 0.25) is 5.15 Å². The minimum absolute atomic E-state index is 0.162. The van der Waals surface area contributed by atoms with Crippen molar-refractivity contribution in [2.45, 2.75) is 30.0 Å². The topological polar surface area (TPSA) is 84.3 Å². The molecule has 1 aliphatic rings. The van der Waals surface area contributed by atoms with Gasteiger partial charge in [-0.2, -0.15) is 5.10 Å². The second-order valence-electron chi connectivity index (χ2n) is 7.26.